The van der Waals surface area contributed by atoms with E-state index in [0.29, 0.717) is 30.6 Å². The van der Waals surface area contributed by atoms with E-state index >= 15 is 0 Å². The number of ether oxygens (including phenoxy) is 1. The molecule has 142 valence electrons. The van der Waals surface area contributed by atoms with Crippen molar-refractivity contribution in [2.75, 3.05) is 26.5 Å². The van der Waals surface area contributed by atoms with Crippen LogP contribution < -0.4 is 15.4 Å². The van der Waals surface area contributed by atoms with Crippen LogP contribution in [0.1, 0.15) is 11.1 Å². The number of rotatable bonds is 8. The van der Waals surface area contributed by atoms with Crippen LogP contribution in [-0.4, -0.2) is 36.6 Å². The summed E-state index contributed by atoms with van der Waals surface area (Å²) in [5.74, 6) is 2.68. The summed E-state index contributed by atoms with van der Waals surface area (Å²) < 4.78 is 17.5. The van der Waals surface area contributed by atoms with Gasteiger partial charge in [-0.15, -0.1) is 24.0 Å². The molecule has 5 nitrogen and oxygen atoms in total. The van der Waals surface area contributed by atoms with Crippen LogP contribution in [0.25, 0.3) is 0 Å². The predicted octanol–water partition coefficient (Wildman–Crippen LogP) is 2.93. The number of benzene rings is 2. The number of aliphatic imine (C=N–C) groups is 1. The molecule has 0 saturated carbocycles. The van der Waals surface area contributed by atoms with Crippen LogP contribution in [0.3, 0.4) is 0 Å². The van der Waals surface area contributed by atoms with Crippen molar-refractivity contribution in [3.63, 3.8) is 0 Å². The van der Waals surface area contributed by atoms with E-state index in [-0.39, 0.29) is 24.0 Å². The maximum Gasteiger partial charge on any atom is 0.191 e. The van der Waals surface area contributed by atoms with Gasteiger partial charge in [-0.2, -0.15) is 0 Å². The van der Waals surface area contributed by atoms with Gasteiger partial charge in [0.25, 0.3) is 0 Å². The standard InChI is InChI=1S/C19H25N3O2S.HI/c1-20-19(22-14-17-10-6-7-11-18(17)24-2)21-12-13-25(23)15-16-8-4-3-5-9-16;/h3-11H,12-15H2,1-2H3,(H2,20,21,22);1H. The van der Waals surface area contributed by atoms with E-state index in [1.807, 2.05) is 54.6 Å². The second kappa shape index (κ2) is 12.7. The monoisotopic (exact) mass is 487 g/mol. The molecular formula is C19H26IN3O2S. The maximum atomic E-state index is 12.1. The quantitative estimate of drug-likeness (QED) is 0.342. The largest absolute Gasteiger partial charge is 0.496 e. The first kappa shape index (κ1) is 22.4. The molecule has 0 saturated heterocycles. The normalized spacial score (nSPS) is 12.0. The zero-order valence-electron chi connectivity index (χ0n) is 15.1. The number of halogens is 1. The summed E-state index contributed by atoms with van der Waals surface area (Å²) in [5, 5.41) is 6.44. The molecule has 1 atom stereocenters. The summed E-state index contributed by atoms with van der Waals surface area (Å²) in [6.07, 6.45) is 0. The van der Waals surface area contributed by atoms with E-state index in [2.05, 4.69) is 15.6 Å². The van der Waals surface area contributed by atoms with Crippen LogP contribution in [0.15, 0.2) is 59.6 Å². The van der Waals surface area contributed by atoms with Crippen molar-refractivity contribution in [3.05, 3.63) is 65.7 Å². The van der Waals surface area contributed by atoms with Crippen molar-refractivity contribution in [2.24, 2.45) is 4.99 Å². The fourth-order valence-electron chi connectivity index (χ4n) is 2.36. The molecule has 0 radical (unpaired) electrons. The first-order valence-electron chi connectivity index (χ1n) is 8.18. The van der Waals surface area contributed by atoms with Gasteiger partial charge in [0, 0.05) is 48.0 Å². The number of nitrogens with zero attached hydrogens (tertiary/aromatic N) is 1. The van der Waals surface area contributed by atoms with Gasteiger partial charge in [0.1, 0.15) is 5.75 Å². The Morgan fingerprint density at radius 3 is 2.46 bits per heavy atom. The van der Waals surface area contributed by atoms with Gasteiger partial charge < -0.3 is 15.4 Å². The van der Waals surface area contributed by atoms with Crippen LogP contribution in [0.4, 0.5) is 0 Å². The summed E-state index contributed by atoms with van der Waals surface area (Å²) in [4.78, 5) is 4.19. The Bertz CT molecular complexity index is 711. The summed E-state index contributed by atoms with van der Waals surface area (Å²) in [6.45, 7) is 1.21. The zero-order valence-corrected chi connectivity index (χ0v) is 18.3. The SMILES string of the molecule is CN=C(NCCS(=O)Cc1ccccc1)NCc1ccccc1OC.I. The predicted molar refractivity (Wildman–Crippen MR) is 120 cm³/mol. The van der Waals surface area contributed by atoms with E-state index in [1.54, 1.807) is 14.2 Å². The minimum Gasteiger partial charge on any atom is -0.496 e. The molecule has 2 aromatic carbocycles. The third-order valence-corrected chi connectivity index (χ3v) is 4.97. The molecule has 0 spiro atoms. The van der Waals surface area contributed by atoms with E-state index in [4.69, 9.17) is 4.74 Å². The third kappa shape index (κ3) is 7.74. The lowest BCUT2D eigenvalue weighted by molar-refractivity contribution is 0.409. The van der Waals surface area contributed by atoms with Gasteiger partial charge in [0.15, 0.2) is 5.96 Å². The Morgan fingerprint density at radius 1 is 1.08 bits per heavy atom. The van der Waals surface area contributed by atoms with Crippen LogP contribution in [0.5, 0.6) is 5.75 Å². The number of nitrogens with one attached hydrogen (secondary N) is 2. The highest BCUT2D eigenvalue weighted by Crippen LogP contribution is 2.16. The van der Waals surface area contributed by atoms with Crippen LogP contribution in [0.2, 0.25) is 0 Å². The smallest absolute Gasteiger partial charge is 0.191 e. The van der Waals surface area contributed by atoms with Gasteiger partial charge in [0.05, 0.1) is 7.11 Å². The van der Waals surface area contributed by atoms with E-state index in [0.717, 1.165) is 16.9 Å². The number of hydrogen-bond donors (Lipinski definition) is 2. The van der Waals surface area contributed by atoms with Crippen LogP contribution >= 0.6 is 24.0 Å². The molecule has 0 bridgehead atoms. The average molecular weight is 487 g/mol. The topological polar surface area (TPSA) is 62.7 Å². The van der Waals surface area contributed by atoms with Crippen molar-refractivity contribution >= 4 is 40.7 Å². The maximum absolute atomic E-state index is 12.1. The minimum absolute atomic E-state index is 0. The number of hydrogen-bond acceptors (Lipinski definition) is 3. The first-order chi connectivity index (χ1) is 12.2. The molecule has 2 N–H and O–H groups in total. The second-order valence-corrected chi connectivity index (χ2v) is 7.01. The lowest BCUT2D eigenvalue weighted by Gasteiger charge is -2.13. The van der Waals surface area contributed by atoms with Gasteiger partial charge in [-0.05, 0) is 11.6 Å². The highest BCUT2D eigenvalue weighted by molar-refractivity contribution is 14.0. The fourth-order valence-corrected chi connectivity index (χ4v) is 3.40. The van der Waals surface area contributed by atoms with E-state index in [9.17, 15) is 4.21 Å². The molecule has 7 heteroatoms. The zero-order chi connectivity index (χ0) is 17.9. The molecule has 0 fully saturated rings. The number of guanidine groups is 1. The van der Waals surface area contributed by atoms with Crippen LogP contribution in [-0.2, 0) is 23.1 Å². The summed E-state index contributed by atoms with van der Waals surface area (Å²) in [6, 6.07) is 17.8. The second-order valence-electron chi connectivity index (χ2n) is 5.44. The van der Waals surface area contributed by atoms with Gasteiger partial charge in [-0.1, -0.05) is 48.5 Å². The Morgan fingerprint density at radius 2 is 1.77 bits per heavy atom. The molecule has 0 aliphatic rings. The summed E-state index contributed by atoms with van der Waals surface area (Å²) in [5.41, 5.74) is 2.15. The Balaban J connectivity index is 0.00000338. The van der Waals surface area contributed by atoms with E-state index in [1.165, 1.54) is 0 Å². The minimum atomic E-state index is -0.900. The molecule has 2 aromatic rings. The number of para-hydroxylation sites is 1. The van der Waals surface area contributed by atoms with Crippen molar-refractivity contribution in [1.29, 1.82) is 0 Å². The fraction of sp³-hybridized carbons (Fsp3) is 0.316. The lowest BCUT2D eigenvalue weighted by Crippen LogP contribution is -2.38. The summed E-state index contributed by atoms with van der Waals surface area (Å²) >= 11 is 0. The molecule has 2 rings (SSSR count). The molecule has 0 aromatic heterocycles. The van der Waals surface area contributed by atoms with Crippen molar-refractivity contribution in [2.45, 2.75) is 12.3 Å². The average Bonchev–Trinajstić information content (AvgIpc) is 2.65. The molecule has 0 aliphatic carbocycles. The van der Waals surface area contributed by atoms with E-state index < -0.39 is 10.8 Å². The molecule has 0 aliphatic heterocycles. The lowest BCUT2D eigenvalue weighted by atomic mass is 10.2. The van der Waals surface area contributed by atoms with Gasteiger partial charge in [0.2, 0.25) is 0 Å². The van der Waals surface area contributed by atoms with Gasteiger partial charge >= 0.3 is 0 Å². The summed E-state index contributed by atoms with van der Waals surface area (Å²) in [7, 11) is 2.48. The van der Waals surface area contributed by atoms with Gasteiger partial charge in [-0.25, -0.2) is 0 Å². The van der Waals surface area contributed by atoms with Crippen LogP contribution in [0, 0.1) is 0 Å². The highest BCUT2D eigenvalue weighted by atomic mass is 127. The van der Waals surface area contributed by atoms with Gasteiger partial charge in [-0.3, -0.25) is 9.20 Å². The van der Waals surface area contributed by atoms with Crippen molar-refractivity contribution in [1.82, 2.24) is 10.6 Å². The number of methoxy groups -OCH3 is 1. The van der Waals surface area contributed by atoms with Crippen molar-refractivity contribution < 1.29 is 8.95 Å². The molecule has 26 heavy (non-hydrogen) atoms. The Hall–Kier alpha value is -1.61. The first-order valence-corrected chi connectivity index (χ1v) is 9.67. The van der Waals surface area contributed by atoms with Crippen molar-refractivity contribution in [3.8, 4) is 5.75 Å². The highest BCUT2D eigenvalue weighted by Gasteiger charge is 2.05. The Labute approximate surface area is 175 Å². The molecular weight excluding hydrogens is 461 g/mol. The third-order valence-electron chi connectivity index (χ3n) is 3.66. The molecule has 1 unspecified atom stereocenters. The Kier molecular flexibility index (Phi) is 11.0. The molecule has 0 amide bonds. The molecule has 0 heterocycles.